The van der Waals surface area contributed by atoms with E-state index in [4.69, 9.17) is 0 Å². The number of hydrogen-bond acceptors (Lipinski definition) is 1. The Morgan fingerprint density at radius 3 is 1.55 bits per heavy atom. The van der Waals surface area contributed by atoms with Gasteiger partial charge in [0.05, 0.1) is 16.6 Å². The van der Waals surface area contributed by atoms with E-state index in [2.05, 4.69) is 202 Å². The minimum absolute atomic E-state index is 0.969. The molecule has 242 valence electrons. The van der Waals surface area contributed by atoms with Crippen molar-refractivity contribution in [3.8, 4) is 11.4 Å². The predicted molar refractivity (Wildman–Crippen MR) is 215 cm³/mol. The van der Waals surface area contributed by atoms with Crippen LogP contribution in [-0.4, -0.2) is 9.13 Å². The summed E-state index contributed by atoms with van der Waals surface area (Å²) in [6.07, 6.45) is 4.41. The molecule has 3 nitrogen and oxygen atoms in total. The smallest absolute Gasteiger partial charge is 0.0548 e. The van der Waals surface area contributed by atoms with Crippen molar-refractivity contribution in [2.75, 3.05) is 4.90 Å². The van der Waals surface area contributed by atoms with Crippen LogP contribution in [0, 0.1) is 0 Å². The Morgan fingerprint density at radius 1 is 0.392 bits per heavy atom. The van der Waals surface area contributed by atoms with Gasteiger partial charge in [0.1, 0.15) is 0 Å². The second-order valence-electron chi connectivity index (χ2n) is 13.3. The van der Waals surface area contributed by atoms with Gasteiger partial charge in [-0.3, -0.25) is 0 Å². The largest absolute Gasteiger partial charge is 0.313 e. The summed E-state index contributed by atoms with van der Waals surface area (Å²) < 4.78 is 4.93. The van der Waals surface area contributed by atoms with Gasteiger partial charge in [-0.2, -0.15) is 0 Å². The van der Waals surface area contributed by atoms with E-state index >= 15 is 0 Å². The molecule has 0 atom stereocenters. The molecule has 3 heteroatoms. The summed E-state index contributed by atoms with van der Waals surface area (Å²) in [6.45, 7) is 0. The number of aromatic nitrogens is 2. The van der Waals surface area contributed by atoms with Gasteiger partial charge in [-0.05, 0) is 109 Å². The summed E-state index contributed by atoms with van der Waals surface area (Å²) in [6, 6.07) is 65.6. The molecule has 0 saturated carbocycles. The van der Waals surface area contributed by atoms with Gasteiger partial charge in [0.15, 0.2) is 0 Å². The van der Waals surface area contributed by atoms with Gasteiger partial charge in [0.2, 0.25) is 0 Å². The monoisotopic (exact) mass is 653 g/mol. The molecule has 0 saturated heterocycles. The lowest BCUT2D eigenvalue weighted by Gasteiger charge is -2.26. The van der Waals surface area contributed by atoms with E-state index in [0.29, 0.717) is 0 Å². The first-order valence-electron chi connectivity index (χ1n) is 17.7. The van der Waals surface area contributed by atoms with E-state index < -0.39 is 0 Å². The lowest BCUT2D eigenvalue weighted by Crippen LogP contribution is -2.09. The lowest BCUT2D eigenvalue weighted by atomic mass is 9.91. The van der Waals surface area contributed by atoms with Crippen LogP contribution in [0.5, 0.6) is 0 Å². The van der Waals surface area contributed by atoms with Gasteiger partial charge in [-0.15, -0.1) is 0 Å². The molecule has 0 radical (unpaired) electrons. The molecule has 0 N–H and O–H groups in total. The van der Waals surface area contributed by atoms with Crippen LogP contribution in [0.3, 0.4) is 0 Å². The minimum atomic E-state index is 0.969. The highest BCUT2D eigenvalue weighted by molar-refractivity contribution is 6.15. The Kier molecular flexibility index (Phi) is 6.95. The third-order valence-electron chi connectivity index (χ3n) is 10.4. The van der Waals surface area contributed by atoms with E-state index in [0.717, 1.165) is 29.9 Å². The Morgan fingerprint density at radius 2 is 0.902 bits per heavy atom. The van der Waals surface area contributed by atoms with Gasteiger partial charge in [0, 0.05) is 55.9 Å². The van der Waals surface area contributed by atoms with Crippen molar-refractivity contribution in [2.24, 2.45) is 0 Å². The number of allylic oxidation sites excluding steroid dienone is 1. The van der Waals surface area contributed by atoms with Crippen molar-refractivity contribution in [2.45, 2.75) is 12.8 Å². The molecular formula is C48H35N3. The molecule has 0 amide bonds. The zero-order valence-corrected chi connectivity index (χ0v) is 28.2. The standard InChI is InChI=1S/C48H35N3/c1-5-15-36(16-6-1)49(37-17-7-2-8-18-37)40-28-25-34(26-29-40)35-27-30-46-42(31-35)44-33-47-43(32-48(44)51(46)39-21-11-4-12-22-39)41-23-13-14-24-45(41)50(47)38-19-9-3-10-20-38/h1-26,28-29,31-33H,27,30H2. The van der Waals surface area contributed by atoms with Crippen LogP contribution in [0.15, 0.2) is 182 Å². The summed E-state index contributed by atoms with van der Waals surface area (Å²) in [5, 5.41) is 3.83. The van der Waals surface area contributed by atoms with Crippen molar-refractivity contribution in [1.82, 2.24) is 9.13 Å². The van der Waals surface area contributed by atoms with Crippen LogP contribution in [0.4, 0.5) is 17.1 Å². The summed E-state index contributed by atoms with van der Waals surface area (Å²) in [5.74, 6) is 0. The Balaban J connectivity index is 1.15. The highest BCUT2D eigenvalue weighted by Gasteiger charge is 2.24. The number of fused-ring (bicyclic) bond motifs is 6. The van der Waals surface area contributed by atoms with Gasteiger partial charge in [-0.1, -0.05) is 103 Å². The van der Waals surface area contributed by atoms with Crippen molar-refractivity contribution in [1.29, 1.82) is 0 Å². The molecule has 0 aliphatic heterocycles. The number of rotatable bonds is 6. The van der Waals surface area contributed by atoms with Crippen molar-refractivity contribution >= 4 is 61.4 Å². The average Bonchev–Trinajstić information content (AvgIpc) is 3.70. The molecule has 2 heterocycles. The maximum absolute atomic E-state index is 2.51. The highest BCUT2D eigenvalue weighted by atomic mass is 15.1. The summed E-state index contributed by atoms with van der Waals surface area (Å²) in [5.41, 5.74) is 14.9. The number of hydrogen-bond donors (Lipinski definition) is 0. The molecule has 1 aliphatic carbocycles. The molecule has 2 aromatic heterocycles. The fourth-order valence-electron chi connectivity index (χ4n) is 8.11. The van der Waals surface area contributed by atoms with Gasteiger partial charge >= 0.3 is 0 Å². The van der Waals surface area contributed by atoms with Gasteiger partial charge in [-0.25, -0.2) is 0 Å². The number of benzene rings is 7. The van der Waals surface area contributed by atoms with Gasteiger partial charge in [0.25, 0.3) is 0 Å². The minimum Gasteiger partial charge on any atom is -0.313 e. The fraction of sp³-hybridized carbons (Fsp3) is 0.0417. The summed E-state index contributed by atoms with van der Waals surface area (Å²) >= 11 is 0. The molecule has 0 spiro atoms. The fourth-order valence-corrected chi connectivity index (χ4v) is 8.11. The first kappa shape index (κ1) is 29.3. The molecule has 51 heavy (non-hydrogen) atoms. The van der Waals surface area contributed by atoms with Crippen molar-refractivity contribution in [3.05, 3.63) is 199 Å². The second-order valence-corrected chi connectivity index (χ2v) is 13.3. The SMILES string of the molecule is C1=C(c2ccc(N(c3ccccc3)c3ccccc3)cc2)CCc2c1c1cc3c(cc1n2-c1ccccc1)c1ccccc1n3-c1ccccc1. The molecular weight excluding hydrogens is 619 g/mol. The number of anilines is 3. The number of nitrogens with zero attached hydrogens (tertiary/aromatic N) is 3. The average molecular weight is 654 g/mol. The van der Waals surface area contributed by atoms with Crippen LogP contribution >= 0.6 is 0 Å². The summed E-state index contributed by atoms with van der Waals surface area (Å²) in [4.78, 5) is 2.32. The Bertz CT molecular complexity index is 2660. The van der Waals surface area contributed by atoms with Crippen LogP contribution in [0.25, 0.3) is 55.7 Å². The van der Waals surface area contributed by atoms with E-state index in [1.807, 2.05) is 0 Å². The maximum Gasteiger partial charge on any atom is 0.0548 e. The quantitative estimate of drug-likeness (QED) is 0.174. The topological polar surface area (TPSA) is 13.1 Å². The number of para-hydroxylation sites is 5. The van der Waals surface area contributed by atoms with Crippen LogP contribution in [0.2, 0.25) is 0 Å². The molecule has 0 fully saturated rings. The molecule has 10 rings (SSSR count). The van der Waals surface area contributed by atoms with Crippen LogP contribution in [-0.2, 0) is 6.42 Å². The highest BCUT2D eigenvalue weighted by Crippen LogP contribution is 2.43. The summed E-state index contributed by atoms with van der Waals surface area (Å²) in [7, 11) is 0. The van der Waals surface area contributed by atoms with Crippen molar-refractivity contribution in [3.63, 3.8) is 0 Å². The molecule has 1 aliphatic rings. The third-order valence-corrected chi connectivity index (χ3v) is 10.4. The first-order chi connectivity index (χ1) is 25.3. The molecule has 0 unspecified atom stereocenters. The first-order valence-corrected chi connectivity index (χ1v) is 17.7. The van der Waals surface area contributed by atoms with Gasteiger partial charge < -0.3 is 14.0 Å². The van der Waals surface area contributed by atoms with E-state index in [1.54, 1.807) is 0 Å². The second kappa shape index (κ2) is 12.1. The molecule has 0 bridgehead atoms. The van der Waals surface area contributed by atoms with E-state index in [9.17, 15) is 0 Å². The van der Waals surface area contributed by atoms with Crippen molar-refractivity contribution < 1.29 is 0 Å². The normalized spacial score (nSPS) is 12.7. The zero-order valence-electron chi connectivity index (χ0n) is 28.2. The Hall–Kier alpha value is -6.58. The van der Waals surface area contributed by atoms with Crippen LogP contribution < -0.4 is 4.90 Å². The lowest BCUT2D eigenvalue weighted by molar-refractivity contribution is 0.898. The Labute approximate surface area is 297 Å². The van der Waals surface area contributed by atoms with E-state index in [-0.39, 0.29) is 0 Å². The zero-order chi connectivity index (χ0) is 33.7. The van der Waals surface area contributed by atoms with E-state index in [1.165, 1.54) is 66.5 Å². The molecule has 7 aromatic carbocycles. The molecule has 9 aromatic rings. The maximum atomic E-state index is 2.51. The third kappa shape index (κ3) is 4.89. The van der Waals surface area contributed by atoms with Crippen LogP contribution in [0.1, 0.15) is 23.2 Å². The predicted octanol–water partition coefficient (Wildman–Crippen LogP) is 12.7.